The molecule has 0 aromatic carbocycles. The lowest BCUT2D eigenvalue weighted by Gasteiger charge is -2.04. The summed E-state index contributed by atoms with van der Waals surface area (Å²) in [5.74, 6) is 0.413. The van der Waals surface area contributed by atoms with Gasteiger partial charge in [-0.25, -0.2) is 4.63 Å². The van der Waals surface area contributed by atoms with Crippen LogP contribution in [0.15, 0.2) is 27.4 Å². The second kappa shape index (κ2) is 7.39. The summed E-state index contributed by atoms with van der Waals surface area (Å²) < 4.78 is 9.47. The number of nitrogens with one attached hydrogen (secondary N) is 2. The zero-order valence-corrected chi connectivity index (χ0v) is 10.8. The molecule has 0 unspecified atom stereocenters. The summed E-state index contributed by atoms with van der Waals surface area (Å²) in [5, 5.41) is 12.5. The third kappa shape index (κ3) is 4.27. The first-order valence-corrected chi connectivity index (χ1v) is 5.36. The number of furan rings is 1. The van der Waals surface area contributed by atoms with Crippen LogP contribution in [0.5, 0.6) is 0 Å². The average Bonchev–Trinajstić information content (AvgIpc) is 2.99. The molecule has 104 valence electrons. The van der Waals surface area contributed by atoms with Gasteiger partial charge in [-0.2, -0.15) is 0 Å². The highest BCUT2D eigenvalue weighted by molar-refractivity contribution is 5.95. The first kappa shape index (κ1) is 15.0. The number of hydrogen-bond acceptors (Lipinski definition) is 7. The third-order valence-electron chi connectivity index (χ3n) is 2.20. The molecule has 0 saturated heterocycles. The van der Waals surface area contributed by atoms with E-state index in [1.807, 2.05) is 12.1 Å². The molecule has 0 spiro atoms. The molecular weight excluding hydrogens is 274 g/mol. The van der Waals surface area contributed by atoms with Crippen LogP contribution in [0.25, 0.3) is 0 Å². The van der Waals surface area contributed by atoms with Gasteiger partial charge in [0.05, 0.1) is 12.8 Å². The summed E-state index contributed by atoms with van der Waals surface area (Å²) in [5.41, 5.74) is 5.38. The van der Waals surface area contributed by atoms with E-state index in [0.29, 0.717) is 19.6 Å². The van der Waals surface area contributed by atoms with Gasteiger partial charge in [0.2, 0.25) is 11.5 Å². The highest BCUT2D eigenvalue weighted by Gasteiger charge is 2.14. The molecule has 0 fully saturated rings. The van der Waals surface area contributed by atoms with Gasteiger partial charge in [-0.05, 0) is 22.4 Å². The van der Waals surface area contributed by atoms with Gasteiger partial charge in [0.25, 0.3) is 5.91 Å². The second-order valence-electron chi connectivity index (χ2n) is 3.51. The molecule has 0 aliphatic carbocycles. The third-order valence-corrected chi connectivity index (χ3v) is 2.20. The van der Waals surface area contributed by atoms with Crippen LogP contribution in [-0.4, -0.2) is 29.3 Å². The number of rotatable bonds is 6. The van der Waals surface area contributed by atoms with Crippen molar-refractivity contribution in [1.29, 1.82) is 0 Å². The Balaban J connectivity index is 0.00000180. The first-order valence-electron chi connectivity index (χ1n) is 5.36. The van der Waals surface area contributed by atoms with E-state index in [9.17, 15) is 4.79 Å². The smallest absolute Gasteiger partial charge is 0.277 e. The van der Waals surface area contributed by atoms with Crippen LogP contribution in [0, 0.1) is 0 Å². The number of nitrogens with two attached hydrogens (primary N) is 1. The van der Waals surface area contributed by atoms with E-state index in [1.54, 1.807) is 6.26 Å². The van der Waals surface area contributed by atoms with Crippen molar-refractivity contribution in [2.75, 3.05) is 18.8 Å². The minimum absolute atomic E-state index is 0. The number of nitrogen functional groups attached to an aromatic ring is 1. The Labute approximate surface area is 115 Å². The number of carbonyl (C=O) groups is 1. The van der Waals surface area contributed by atoms with Crippen molar-refractivity contribution >= 4 is 24.1 Å². The zero-order chi connectivity index (χ0) is 12.8. The summed E-state index contributed by atoms with van der Waals surface area (Å²) >= 11 is 0. The molecule has 2 aromatic rings. The summed E-state index contributed by atoms with van der Waals surface area (Å²) in [7, 11) is 0. The Kier molecular flexibility index (Phi) is 5.83. The predicted molar refractivity (Wildman–Crippen MR) is 68.7 cm³/mol. The standard InChI is InChI=1S/C10H13N5O3.ClH/c11-9-8(14-18-15-9)10(16)13-4-3-12-6-7-2-1-5-17-7;/h1-2,5,12H,3-4,6H2,(H2,11,15)(H,13,16);1H. The number of hydrogen-bond donors (Lipinski definition) is 3. The molecule has 1 amide bonds. The Morgan fingerprint density at radius 3 is 2.84 bits per heavy atom. The van der Waals surface area contributed by atoms with E-state index in [1.165, 1.54) is 0 Å². The van der Waals surface area contributed by atoms with Crippen LogP contribution in [-0.2, 0) is 6.54 Å². The quantitative estimate of drug-likeness (QED) is 0.649. The fourth-order valence-corrected chi connectivity index (χ4v) is 1.33. The number of amides is 1. The van der Waals surface area contributed by atoms with Crippen LogP contribution in [0.1, 0.15) is 16.2 Å². The molecule has 2 rings (SSSR count). The van der Waals surface area contributed by atoms with Crippen molar-refractivity contribution in [3.05, 3.63) is 29.9 Å². The predicted octanol–water partition coefficient (Wildman–Crippen LogP) is 0.186. The molecule has 0 radical (unpaired) electrons. The Morgan fingerprint density at radius 2 is 2.21 bits per heavy atom. The SMILES string of the molecule is Cl.Nc1nonc1C(=O)NCCNCc1ccco1. The highest BCUT2D eigenvalue weighted by atomic mass is 35.5. The molecule has 8 nitrogen and oxygen atoms in total. The summed E-state index contributed by atoms with van der Waals surface area (Å²) in [6.45, 7) is 1.64. The van der Waals surface area contributed by atoms with Gasteiger partial charge in [0.15, 0.2) is 0 Å². The molecule has 9 heteroatoms. The van der Waals surface area contributed by atoms with Crippen molar-refractivity contribution < 1.29 is 13.8 Å². The van der Waals surface area contributed by atoms with Crippen LogP contribution in [0.3, 0.4) is 0 Å². The van der Waals surface area contributed by atoms with Crippen LogP contribution in [0.4, 0.5) is 5.82 Å². The topological polar surface area (TPSA) is 119 Å². The monoisotopic (exact) mass is 287 g/mol. The lowest BCUT2D eigenvalue weighted by atomic mass is 10.4. The molecule has 0 saturated carbocycles. The molecule has 0 atom stereocenters. The van der Waals surface area contributed by atoms with E-state index >= 15 is 0 Å². The molecule has 4 N–H and O–H groups in total. The second-order valence-corrected chi connectivity index (χ2v) is 3.51. The van der Waals surface area contributed by atoms with Gasteiger partial charge in [-0.1, -0.05) is 0 Å². The Morgan fingerprint density at radius 1 is 1.37 bits per heavy atom. The van der Waals surface area contributed by atoms with Gasteiger partial charge >= 0.3 is 0 Å². The maximum Gasteiger partial charge on any atom is 0.277 e. The first-order chi connectivity index (χ1) is 8.77. The van der Waals surface area contributed by atoms with Gasteiger partial charge in [0.1, 0.15) is 5.76 Å². The highest BCUT2D eigenvalue weighted by Crippen LogP contribution is 2.02. The fourth-order valence-electron chi connectivity index (χ4n) is 1.33. The number of aromatic nitrogens is 2. The summed E-state index contributed by atoms with van der Waals surface area (Å²) in [6, 6.07) is 3.69. The Bertz CT molecular complexity index is 499. The van der Waals surface area contributed by atoms with Gasteiger partial charge in [0, 0.05) is 13.1 Å². The number of anilines is 1. The normalized spacial score (nSPS) is 9.89. The van der Waals surface area contributed by atoms with Crippen molar-refractivity contribution in [1.82, 2.24) is 20.9 Å². The van der Waals surface area contributed by atoms with Crippen molar-refractivity contribution in [3.8, 4) is 0 Å². The van der Waals surface area contributed by atoms with Crippen molar-refractivity contribution in [3.63, 3.8) is 0 Å². The van der Waals surface area contributed by atoms with E-state index in [4.69, 9.17) is 10.2 Å². The van der Waals surface area contributed by atoms with Crippen LogP contribution < -0.4 is 16.4 Å². The van der Waals surface area contributed by atoms with Gasteiger partial charge in [-0.3, -0.25) is 4.79 Å². The fraction of sp³-hybridized carbons (Fsp3) is 0.300. The van der Waals surface area contributed by atoms with Gasteiger partial charge < -0.3 is 20.8 Å². The maximum absolute atomic E-state index is 11.5. The summed E-state index contributed by atoms with van der Waals surface area (Å²) in [4.78, 5) is 11.5. The zero-order valence-electron chi connectivity index (χ0n) is 9.96. The van der Waals surface area contributed by atoms with Crippen molar-refractivity contribution in [2.24, 2.45) is 0 Å². The molecule has 19 heavy (non-hydrogen) atoms. The van der Waals surface area contributed by atoms with Gasteiger partial charge in [-0.15, -0.1) is 12.4 Å². The molecule has 0 bridgehead atoms. The van der Waals surface area contributed by atoms with E-state index in [-0.39, 0.29) is 23.9 Å². The summed E-state index contributed by atoms with van der Waals surface area (Å²) in [6.07, 6.45) is 1.61. The van der Waals surface area contributed by atoms with E-state index < -0.39 is 5.91 Å². The molecule has 2 aromatic heterocycles. The van der Waals surface area contributed by atoms with Crippen LogP contribution in [0.2, 0.25) is 0 Å². The number of halogens is 1. The van der Waals surface area contributed by atoms with E-state index in [0.717, 1.165) is 5.76 Å². The van der Waals surface area contributed by atoms with Crippen LogP contribution >= 0.6 is 12.4 Å². The molecule has 2 heterocycles. The van der Waals surface area contributed by atoms with Crippen molar-refractivity contribution in [2.45, 2.75) is 6.54 Å². The minimum Gasteiger partial charge on any atom is -0.468 e. The number of carbonyl (C=O) groups excluding carboxylic acids is 1. The lowest BCUT2D eigenvalue weighted by molar-refractivity contribution is 0.0944. The average molecular weight is 288 g/mol. The largest absolute Gasteiger partial charge is 0.468 e. The minimum atomic E-state index is -0.409. The number of nitrogens with zero attached hydrogens (tertiary/aromatic N) is 2. The maximum atomic E-state index is 11.5. The molecular formula is C10H14ClN5O3. The molecule has 0 aliphatic heterocycles. The van der Waals surface area contributed by atoms with E-state index in [2.05, 4.69) is 25.6 Å². The lowest BCUT2D eigenvalue weighted by Crippen LogP contribution is -2.32. The molecule has 0 aliphatic rings. The Hall–Kier alpha value is -2.06.